The Morgan fingerprint density at radius 3 is 2.17 bits per heavy atom. The minimum Gasteiger partial charge on any atom is -0.479 e. The first-order valence-corrected chi connectivity index (χ1v) is 9.45. The largest absolute Gasteiger partial charge is 0.479 e. The van der Waals surface area contributed by atoms with E-state index in [4.69, 9.17) is 4.52 Å². The number of rotatable bonds is 8. The summed E-state index contributed by atoms with van der Waals surface area (Å²) >= 11 is 0. The van der Waals surface area contributed by atoms with Gasteiger partial charge in [-0.3, -0.25) is 9.09 Å². The van der Waals surface area contributed by atoms with Crippen LogP contribution in [-0.2, 0) is 20.0 Å². The molecule has 0 aliphatic heterocycles. The highest BCUT2D eigenvalue weighted by Crippen LogP contribution is 2.47. The molecule has 2 aromatic rings. The van der Waals surface area contributed by atoms with E-state index in [9.17, 15) is 19.4 Å². The van der Waals surface area contributed by atoms with Crippen molar-refractivity contribution in [2.24, 2.45) is 0 Å². The summed E-state index contributed by atoms with van der Waals surface area (Å²) < 4.78 is 17.4. The number of aliphatic carboxylic acids is 1. The second-order valence-corrected chi connectivity index (χ2v) is 7.56. The van der Waals surface area contributed by atoms with E-state index in [1.165, 1.54) is 0 Å². The van der Waals surface area contributed by atoms with Gasteiger partial charge in [0.15, 0.2) is 6.10 Å². The third kappa shape index (κ3) is 5.60. The lowest BCUT2D eigenvalue weighted by Crippen LogP contribution is -2.25. The molecule has 0 saturated carbocycles. The quantitative estimate of drug-likeness (QED) is 0.704. The molecule has 24 heavy (non-hydrogen) atoms. The van der Waals surface area contributed by atoms with Crippen LogP contribution in [-0.4, -0.2) is 22.1 Å². The standard InChI is InChI=1S/C18H21O5P/c1-14(16-10-6-3-7-11-16)12-17(18(19)20)23-24(21,22)13-15-8-4-2-5-9-15/h2-11,14,17H,12-13H2,1H3,(H,19,20)(H,21,22). The number of benzene rings is 2. The fourth-order valence-electron chi connectivity index (χ4n) is 2.48. The molecule has 0 aromatic heterocycles. The van der Waals surface area contributed by atoms with Crippen molar-refractivity contribution < 1.29 is 23.9 Å². The maximum Gasteiger partial charge on any atom is 0.333 e. The van der Waals surface area contributed by atoms with Gasteiger partial charge in [0.1, 0.15) is 0 Å². The Bertz CT molecular complexity index is 702. The third-order valence-corrected chi connectivity index (χ3v) is 5.08. The molecule has 0 saturated heterocycles. The Hall–Kier alpha value is -1.94. The molecule has 2 aromatic carbocycles. The van der Waals surface area contributed by atoms with E-state index in [0.29, 0.717) is 5.56 Å². The second-order valence-electron chi connectivity index (χ2n) is 5.76. The van der Waals surface area contributed by atoms with Crippen LogP contribution in [0, 0.1) is 0 Å². The van der Waals surface area contributed by atoms with Crippen LogP contribution in [0.2, 0.25) is 0 Å². The van der Waals surface area contributed by atoms with Gasteiger partial charge in [0.25, 0.3) is 0 Å². The molecule has 5 nitrogen and oxygen atoms in total. The molecule has 0 amide bonds. The van der Waals surface area contributed by atoms with Crippen LogP contribution in [0.15, 0.2) is 60.7 Å². The molecule has 2 rings (SSSR count). The van der Waals surface area contributed by atoms with E-state index >= 15 is 0 Å². The van der Waals surface area contributed by atoms with Crippen molar-refractivity contribution in [2.75, 3.05) is 0 Å². The van der Waals surface area contributed by atoms with Crippen LogP contribution < -0.4 is 0 Å². The van der Waals surface area contributed by atoms with Gasteiger partial charge in [-0.05, 0) is 23.5 Å². The van der Waals surface area contributed by atoms with Gasteiger partial charge in [0.2, 0.25) is 0 Å². The molecule has 128 valence electrons. The molecule has 6 heteroatoms. The molecule has 0 aliphatic carbocycles. The topological polar surface area (TPSA) is 83.8 Å². The van der Waals surface area contributed by atoms with Crippen molar-refractivity contribution in [2.45, 2.75) is 31.5 Å². The van der Waals surface area contributed by atoms with E-state index in [-0.39, 0.29) is 18.5 Å². The fourth-order valence-corrected chi connectivity index (χ4v) is 3.80. The highest BCUT2D eigenvalue weighted by atomic mass is 31.2. The minimum absolute atomic E-state index is 0.107. The van der Waals surface area contributed by atoms with Gasteiger partial charge in [-0.2, -0.15) is 0 Å². The highest BCUT2D eigenvalue weighted by molar-refractivity contribution is 7.52. The first kappa shape index (κ1) is 18.4. The summed E-state index contributed by atoms with van der Waals surface area (Å²) in [6, 6.07) is 18.1. The van der Waals surface area contributed by atoms with E-state index in [2.05, 4.69) is 0 Å². The first-order chi connectivity index (χ1) is 11.4. The van der Waals surface area contributed by atoms with Gasteiger partial charge in [0.05, 0.1) is 6.16 Å². The molecule has 2 N–H and O–H groups in total. The Labute approximate surface area is 141 Å². The summed E-state index contributed by atoms with van der Waals surface area (Å²) in [4.78, 5) is 21.5. The van der Waals surface area contributed by atoms with Crippen molar-refractivity contribution in [3.8, 4) is 0 Å². The van der Waals surface area contributed by atoms with Crippen LogP contribution >= 0.6 is 7.60 Å². The molecule has 0 radical (unpaired) electrons. The second kappa shape index (κ2) is 8.25. The Morgan fingerprint density at radius 2 is 1.62 bits per heavy atom. The zero-order chi connectivity index (χ0) is 17.6. The SMILES string of the molecule is CC(CC(OP(=O)(O)Cc1ccccc1)C(=O)O)c1ccccc1. The molecule has 0 heterocycles. The van der Waals surface area contributed by atoms with E-state index in [1.807, 2.05) is 37.3 Å². The lowest BCUT2D eigenvalue weighted by molar-refractivity contribution is -0.146. The molecule has 0 fully saturated rings. The van der Waals surface area contributed by atoms with E-state index < -0.39 is 19.7 Å². The summed E-state index contributed by atoms with van der Waals surface area (Å²) in [5.41, 5.74) is 1.59. The molecule has 0 spiro atoms. The van der Waals surface area contributed by atoms with Gasteiger partial charge in [-0.1, -0.05) is 67.6 Å². The molecular formula is C18H21O5P. The van der Waals surface area contributed by atoms with Crippen LogP contribution in [0.4, 0.5) is 0 Å². The number of carboxylic acid groups (broad SMARTS) is 1. The smallest absolute Gasteiger partial charge is 0.333 e. The number of hydrogen-bond donors (Lipinski definition) is 2. The van der Waals surface area contributed by atoms with Crippen molar-refractivity contribution in [1.82, 2.24) is 0 Å². The van der Waals surface area contributed by atoms with Gasteiger partial charge in [-0.15, -0.1) is 0 Å². The van der Waals surface area contributed by atoms with Crippen LogP contribution in [0.25, 0.3) is 0 Å². The molecule has 0 aliphatic rings. The van der Waals surface area contributed by atoms with Crippen molar-refractivity contribution >= 4 is 13.6 Å². The lowest BCUT2D eigenvalue weighted by atomic mass is 9.95. The molecular weight excluding hydrogens is 327 g/mol. The van der Waals surface area contributed by atoms with E-state index in [1.54, 1.807) is 30.3 Å². The minimum atomic E-state index is -4.05. The molecule has 3 atom stereocenters. The molecule has 3 unspecified atom stereocenters. The van der Waals surface area contributed by atoms with Crippen LogP contribution in [0.1, 0.15) is 30.4 Å². The summed E-state index contributed by atoms with van der Waals surface area (Å²) in [6.07, 6.45) is -1.42. The maximum absolute atomic E-state index is 12.3. The lowest BCUT2D eigenvalue weighted by Gasteiger charge is -2.21. The Morgan fingerprint density at radius 1 is 1.08 bits per heavy atom. The maximum atomic E-state index is 12.3. The number of carboxylic acids is 1. The summed E-state index contributed by atoms with van der Waals surface area (Å²) in [6.45, 7) is 1.87. The summed E-state index contributed by atoms with van der Waals surface area (Å²) in [5, 5.41) is 9.34. The van der Waals surface area contributed by atoms with Crippen LogP contribution in [0.5, 0.6) is 0 Å². The van der Waals surface area contributed by atoms with Crippen molar-refractivity contribution in [3.63, 3.8) is 0 Å². The highest BCUT2D eigenvalue weighted by Gasteiger charge is 2.31. The number of hydrogen-bond acceptors (Lipinski definition) is 3. The first-order valence-electron chi connectivity index (χ1n) is 7.69. The Kier molecular flexibility index (Phi) is 6.32. The Balaban J connectivity index is 2.05. The monoisotopic (exact) mass is 348 g/mol. The van der Waals surface area contributed by atoms with Gasteiger partial charge >= 0.3 is 13.6 Å². The van der Waals surface area contributed by atoms with Crippen LogP contribution in [0.3, 0.4) is 0 Å². The molecule has 0 bridgehead atoms. The van der Waals surface area contributed by atoms with Gasteiger partial charge in [-0.25, -0.2) is 4.79 Å². The van der Waals surface area contributed by atoms with Gasteiger partial charge in [0, 0.05) is 0 Å². The summed E-state index contributed by atoms with van der Waals surface area (Å²) in [5.74, 6) is -1.34. The predicted octanol–water partition coefficient (Wildman–Crippen LogP) is 4.04. The van der Waals surface area contributed by atoms with Crippen molar-refractivity contribution in [1.29, 1.82) is 0 Å². The van der Waals surface area contributed by atoms with E-state index in [0.717, 1.165) is 5.56 Å². The average molecular weight is 348 g/mol. The normalized spacial score (nSPS) is 16.1. The number of carbonyl (C=O) groups is 1. The zero-order valence-corrected chi connectivity index (χ0v) is 14.3. The predicted molar refractivity (Wildman–Crippen MR) is 92.0 cm³/mol. The third-order valence-electron chi connectivity index (χ3n) is 3.73. The van der Waals surface area contributed by atoms with Gasteiger partial charge < -0.3 is 10.00 Å². The average Bonchev–Trinajstić information content (AvgIpc) is 2.55. The fraction of sp³-hybridized carbons (Fsp3) is 0.278. The van der Waals surface area contributed by atoms with Crippen molar-refractivity contribution in [3.05, 3.63) is 71.8 Å². The summed E-state index contributed by atoms with van der Waals surface area (Å²) in [7, 11) is -4.05. The zero-order valence-electron chi connectivity index (χ0n) is 13.4.